The van der Waals surface area contributed by atoms with Gasteiger partial charge in [0.2, 0.25) is 5.91 Å². The lowest BCUT2D eigenvalue weighted by Crippen LogP contribution is -2.51. The number of hydrogen-bond acceptors (Lipinski definition) is 3. The molecule has 2 aliphatic heterocycles. The van der Waals surface area contributed by atoms with E-state index in [1.807, 2.05) is 11.8 Å². The Bertz CT molecular complexity index is 281. The summed E-state index contributed by atoms with van der Waals surface area (Å²) < 4.78 is 0. The van der Waals surface area contributed by atoms with E-state index >= 15 is 0 Å². The van der Waals surface area contributed by atoms with Crippen LogP contribution >= 0.6 is 0 Å². The highest BCUT2D eigenvalue weighted by atomic mass is 16.3. The van der Waals surface area contributed by atoms with Gasteiger partial charge >= 0.3 is 0 Å². The van der Waals surface area contributed by atoms with E-state index in [1.54, 1.807) is 0 Å². The van der Waals surface area contributed by atoms with Crippen molar-refractivity contribution in [2.75, 3.05) is 13.1 Å². The van der Waals surface area contributed by atoms with Crippen LogP contribution in [0.1, 0.15) is 39.5 Å². The minimum absolute atomic E-state index is 0.00602. The summed E-state index contributed by atoms with van der Waals surface area (Å²) in [6.07, 6.45) is 3.90. The number of aliphatic hydroxyl groups excluding tert-OH is 1. The quantitative estimate of drug-likeness (QED) is 0.749. The van der Waals surface area contributed by atoms with Crippen LogP contribution in [0.2, 0.25) is 0 Å². The Morgan fingerprint density at radius 3 is 2.76 bits per heavy atom. The maximum atomic E-state index is 12.3. The molecule has 4 nitrogen and oxygen atoms in total. The SMILES string of the molecule is CC1CCCC(C(=O)N2CCC(C(C)O)C2)N1. The number of likely N-dealkylation sites (tertiary alicyclic amines) is 1. The van der Waals surface area contributed by atoms with Gasteiger partial charge in [0.1, 0.15) is 0 Å². The third kappa shape index (κ3) is 2.99. The van der Waals surface area contributed by atoms with Crippen LogP contribution in [0.3, 0.4) is 0 Å². The van der Waals surface area contributed by atoms with Gasteiger partial charge in [-0.15, -0.1) is 0 Å². The summed E-state index contributed by atoms with van der Waals surface area (Å²) in [6, 6.07) is 0.458. The molecule has 2 fully saturated rings. The Hall–Kier alpha value is -0.610. The highest BCUT2D eigenvalue weighted by Gasteiger charge is 2.33. The Morgan fingerprint density at radius 2 is 2.18 bits per heavy atom. The van der Waals surface area contributed by atoms with Gasteiger partial charge in [-0.3, -0.25) is 4.79 Å². The average Bonchev–Trinajstić information content (AvgIpc) is 2.77. The van der Waals surface area contributed by atoms with Gasteiger partial charge < -0.3 is 15.3 Å². The second-order valence-corrected chi connectivity index (χ2v) is 5.62. The first-order valence-corrected chi connectivity index (χ1v) is 6.81. The Morgan fingerprint density at radius 1 is 1.41 bits per heavy atom. The predicted octanol–water partition coefficient (Wildman–Crippen LogP) is 0.746. The number of nitrogens with one attached hydrogen (secondary N) is 1. The fourth-order valence-electron chi connectivity index (χ4n) is 2.93. The van der Waals surface area contributed by atoms with Crippen molar-refractivity contribution in [1.82, 2.24) is 10.2 Å². The van der Waals surface area contributed by atoms with Crippen molar-refractivity contribution in [2.24, 2.45) is 5.92 Å². The van der Waals surface area contributed by atoms with Gasteiger partial charge in [0, 0.05) is 25.0 Å². The summed E-state index contributed by atoms with van der Waals surface area (Å²) >= 11 is 0. The molecule has 0 radical (unpaired) electrons. The van der Waals surface area contributed by atoms with Crippen LogP contribution < -0.4 is 5.32 Å². The van der Waals surface area contributed by atoms with E-state index in [2.05, 4.69) is 12.2 Å². The van der Waals surface area contributed by atoms with E-state index in [-0.39, 0.29) is 24.0 Å². The molecule has 2 rings (SSSR count). The molecule has 4 unspecified atom stereocenters. The summed E-state index contributed by atoms with van der Waals surface area (Å²) in [4.78, 5) is 14.2. The molecule has 0 aromatic carbocycles. The lowest BCUT2D eigenvalue weighted by atomic mass is 9.98. The Balaban J connectivity index is 1.88. The molecule has 4 heteroatoms. The summed E-state index contributed by atoms with van der Waals surface area (Å²) in [7, 11) is 0. The molecule has 0 spiro atoms. The third-order valence-electron chi connectivity index (χ3n) is 4.13. The summed E-state index contributed by atoms with van der Waals surface area (Å²) in [5.41, 5.74) is 0. The molecule has 0 aromatic heterocycles. The van der Waals surface area contributed by atoms with Crippen LogP contribution in [-0.4, -0.2) is 47.2 Å². The van der Waals surface area contributed by atoms with Crippen molar-refractivity contribution in [3.05, 3.63) is 0 Å². The average molecular weight is 240 g/mol. The largest absolute Gasteiger partial charge is 0.393 e. The van der Waals surface area contributed by atoms with Crippen molar-refractivity contribution in [2.45, 2.75) is 57.7 Å². The molecule has 2 saturated heterocycles. The number of nitrogens with zero attached hydrogens (tertiary/aromatic N) is 1. The zero-order valence-corrected chi connectivity index (χ0v) is 10.9. The number of carbonyl (C=O) groups is 1. The predicted molar refractivity (Wildman–Crippen MR) is 66.6 cm³/mol. The van der Waals surface area contributed by atoms with E-state index in [4.69, 9.17) is 0 Å². The molecule has 17 heavy (non-hydrogen) atoms. The van der Waals surface area contributed by atoms with Crippen molar-refractivity contribution in [1.29, 1.82) is 0 Å². The maximum Gasteiger partial charge on any atom is 0.239 e. The standard InChI is InChI=1S/C13H24N2O2/c1-9-4-3-5-12(14-9)13(17)15-7-6-11(8-15)10(2)16/h9-12,14,16H,3-8H2,1-2H3. The molecule has 0 saturated carbocycles. The number of aliphatic hydroxyl groups is 1. The zero-order valence-electron chi connectivity index (χ0n) is 10.9. The molecule has 2 N–H and O–H groups in total. The minimum Gasteiger partial charge on any atom is -0.393 e. The van der Waals surface area contributed by atoms with Crippen LogP contribution in [0.4, 0.5) is 0 Å². The van der Waals surface area contributed by atoms with Crippen LogP contribution in [0.15, 0.2) is 0 Å². The van der Waals surface area contributed by atoms with Crippen LogP contribution in [0.5, 0.6) is 0 Å². The molecular formula is C13H24N2O2. The zero-order chi connectivity index (χ0) is 12.4. The fraction of sp³-hybridized carbons (Fsp3) is 0.923. The lowest BCUT2D eigenvalue weighted by molar-refractivity contribution is -0.133. The monoisotopic (exact) mass is 240 g/mol. The highest BCUT2D eigenvalue weighted by Crippen LogP contribution is 2.22. The van der Waals surface area contributed by atoms with Crippen molar-refractivity contribution < 1.29 is 9.90 Å². The number of amides is 1. The van der Waals surface area contributed by atoms with E-state index in [0.717, 1.165) is 32.4 Å². The molecule has 0 aromatic rings. The number of rotatable bonds is 2. The van der Waals surface area contributed by atoms with E-state index in [0.29, 0.717) is 6.04 Å². The van der Waals surface area contributed by atoms with Gasteiger partial charge in [-0.2, -0.15) is 0 Å². The van der Waals surface area contributed by atoms with Crippen LogP contribution in [0, 0.1) is 5.92 Å². The molecule has 0 bridgehead atoms. The second-order valence-electron chi connectivity index (χ2n) is 5.62. The third-order valence-corrected chi connectivity index (χ3v) is 4.13. The van der Waals surface area contributed by atoms with Crippen LogP contribution in [0.25, 0.3) is 0 Å². The minimum atomic E-state index is -0.300. The number of carbonyl (C=O) groups excluding carboxylic acids is 1. The smallest absolute Gasteiger partial charge is 0.239 e. The van der Waals surface area contributed by atoms with E-state index in [9.17, 15) is 9.90 Å². The van der Waals surface area contributed by atoms with Gasteiger partial charge in [0.15, 0.2) is 0 Å². The molecular weight excluding hydrogens is 216 g/mol. The van der Waals surface area contributed by atoms with Crippen molar-refractivity contribution in [3.63, 3.8) is 0 Å². The van der Waals surface area contributed by atoms with Gasteiger partial charge in [-0.25, -0.2) is 0 Å². The van der Waals surface area contributed by atoms with Gasteiger partial charge in [0.25, 0.3) is 0 Å². The fourth-order valence-corrected chi connectivity index (χ4v) is 2.93. The van der Waals surface area contributed by atoms with Gasteiger partial charge in [0.05, 0.1) is 12.1 Å². The number of hydrogen-bond donors (Lipinski definition) is 2. The normalized spacial score (nSPS) is 35.9. The topological polar surface area (TPSA) is 52.6 Å². The molecule has 1 amide bonds. The van der Waals surface area contributed by atoms with E-state index < -0.39 is 0 Å². The Kier molecular flexibility index (Phi) is 4.05. The highest BCUT2D eigenvalue weighted by molar-refractivity contribution is 5.82. The summed E-state index contributed by atoms with van der Waals surface area (Å²) in [6.45, 7) is 5.49. The molecule has 4 atom stereocenters. The first kappa shape index (κ1) is 12.8. The molecule has 0 aliphatic carbocycles. The summed E-state index contributed by atoms with van der Waals surface area (Å²) in [5.74, 6) is 0.500. The second kappa shape index (κ2) is 5.36. The van der Waals surface area contributed by atoms with Gasteiger partial charge in [-0.05, 0) is 39.5 Å². The van der Waals surface area contributed by atoms with Crippen molar-refractivity contribution in [3.8, 4) is 0 Å². The van der Waals surface area contributed by atoms with Crippen molar-refractivity contribution >= 4 is 5.91 Å². The Labute approximate surface area is 103 Å². The molecule has 2 aliphatic rings. The van der Waals surface area contributed by atoms with Crippen LogP contribution in [-0.2, 0) is 4.79 Å². The molecule has 2 heterocycles. The maximum absolute atomic E-state index is 12.3. The molecule has 98 valence electrons. The number of piperidine rings is 1. The lowest BCUT2D eigenvalue weighted by Gasteiger charge is -2.31. The first-order chi connectivity index (χ1) is 8.08. The first-order valence-electron chi connectivity index (χ1n) is 6.81. The summed E-state index contributed by atoms with van der Waals surface area (Å²) in [5, 5.41) is 12.9. The van der Waals surface area contributed by atoms with Gasteiger partial charge in [-0.1, -0.05) is 0 Å². The van der Waals surface area contributed by atoms with E-state index in [1.165, 1.54) is 6.42 Å².